The van der Waals surface area contributed by atoms with E-state index in [1.165, 1.54) is 0 Å². The van der Waals surface area contributed by atoms with Crippen LogP contribution in [-0.2, 0) is 0 Å². The number of hydrogen-bond donors (Lipinski definition) is 1. The molecule has 1 N–H and O–H groups in total. The molecule has 1 aliphatic rings. The van der Waals surface area contributed by atoms with Crippen LogP contribution >= 0.6 is 0 Å². The van der Waals surface area contributed by atoms with Crippen LogP contribution in [0.4, 0.5) is 0 Å². The third kappa shape index (κ3) is 0.781. The summed E-state index contributed by atoms with van der Waals surface area (Å²) in [4.78, 5) is 0. The highest BCUT2D eigenvalue weighted by Gasteiger charge is 2.25. The van der Waals surface area contributed by atoms with E-state index in [4.69, 9.17) is 0 Å². The average molecular weight is 112 g/mol. The van der Waals surface area contributed by atoms with Crippen LogP contribution in [0, 0.1) is 0 Å². The number of rotatable bonds is 0. The largest absolute Gasteiger partial charge is 0.386 e. The van der Waals surface area contributed by atoms with E-state index in [-0.39, 0.29) is 0 Å². The fourth-order valence-corrected chi connectivity index (χ4v) is 0.987. The van der Waals surface area contributed by atoms with Gasteiger partial charge in [0.25, 0.3) is 0 Å². The quantitative estimate of drug-likeness (QED) is 0.470. The minimum atomic E-state index is -0.486. The van der Waals surface area contributed by atoms with E-state index >= 15 is 0 Å². The van der Waals surface area contributed by atoms with Gasteiger partial charge >= 0.3 is 0 Å². The summed E-state index contributed by atoms with van der Waals surface area (Å²) >= 11 is 0. The SMILES string of the molecule is CC1=CCCC1(C)O. The van der Waals surface area contributed by atoms with Gasteiger partial charge in [0.15, 0.2) is 0 Å². The van der Waals surface area contributed by atoms with Crippen molar-refractivity contribution in [3.8, 4) is 0 Å². The first-order valence-corrected chi connectivity index (χ1v) is 3.02. The zero-order valence-electron chi connectivity index (χ0n) is 5.44. The summed E-state index contributed by atoms with van der Waals surface area (Å²) in [6, 6.07) is 0. The molecule has 0 spiro atoms. The zero-order chi connectivity index (χ0) is 6.20. The molecule has 0 radical (unpaired) electrons. The van der Waals surface area contributed by atoms with Crippen molar-refractivity contribution in [2.24, 2.45) is 0 Å². The van der Waals surface area contributed by atoms with Crippen LogP contribution in [0.5, 0.6) is 0 Å². The lowest BCUT2D eigenvalue weighted by Gasteiger charge is -2.17. The van der Waals surface area contributed by atoms with Crippen molar-refractivity contribution in [2.75, 3.05) is 0 Å². The van der Waals surface area contributed by atoms with Crippen molar-refractivity contribution >= 4 is 0 Å². The highest BCUT2D eigenvalue weighted by Crippen LogP contribution is 2.28. The van der Waals surface area contributed by atoms with Crippen molar-refractivity contribution in [3.05, 3.63) is 11.6 Å². The van der Waals surface area contributed by atoms with Crippen molar-refractivity contribution < 1.29 is 5.11 Å². The van der Waals surface area contributed by atoms with Crippen molar-refractivity contribution in [2.45, 2.75) is 32.3 Å². The summed E-state index contributed by atoms with van der Waals surface area (Å²) in [6.45, 7) is 3.85. The maximum absolute atomic E-state index is 9.39. The predicted octanol–water partition coefficient (Wildman–Crippen LogP) is 1.48. The average Bonchev–Trinajstić information content (AvgIpc) is 1.86. The lowest BCUT2D eigenvalue weighted by molar-refractivity contribution is 0.0999. The summed E-state index contributed by atoms with van der Waals surface area (Å²) in [7, 11) is 0. The molecule has 8 heavy (non-hydrogen) atoms. The number of aliphatic hydroxyl groups is 1. The Morgan fingerprint density at radius 3 is 2.50 bits per heavy atom. The molecule has 1 unspecified atom stereocenters. The van der Waals surface area contributed by atoms with Gasteiger partial charge in [-0.1, -0.05) is 6.08 Å². The number of allylic oxidation sites excluding steroid dienone is 1. The maximum Gasteiger partial charge on any atom is 0.0829 e. The molecular formula is C7H12O. The lowest BCUT2D eigenvalue weighted by Crippen LogP contribution is -2.20. The molecule has 0 amide bonds. The zero-order valence-corrected chi connectivity index (χ0v) is 5.44. The molecule has 0 aromatic rings. The minimum Gasteiger partial charge on any atom is -0.386 e. The van der Waals surface area contributed by atoms with Crippen LogP contribution in [-0.4, -0.2) is 10.7 Å². The highest BCUT2D eigenvalue weighted by molar-refractivity contribution is 5.17. The van der Waals surface area contributed by atoms with E-state index in [1.807, 2.05) is 13.8 Å². The van der Waals surface area contributed by atoms with Gasteiger partial charge in [0.05, 0.1) is 5.60 Å². The van der Waals surface area contributed by atoms with Crippen LogP contribution in [0.25, 0.3) is 0 Å². The number of hydrogen-bond acceptors (Lipinski definition) is 1. The molecule has 46 valence electrons. The molecular weight excluding hydrogens is 100 g/mol. The van der Waals surface area contributed by atoms with Crippen molar-refractivity contribution in [3.63, 3.8) is 0 Å². The Morgan fingerprint density at radius 2 is 2.38 bits per heavy atom. The Hall–Kier alpha value is -0.300. The Morgan fingerprint density at radius 1 is 1.75 bits per heavy atom. The summed E-state index contributed by atoms with van der Waals surface area (Å²) in [5.74, 6) is 0. The molecule has 1 nitrogen and oxygen atoms in total. The second-order valence-electron chi connectivity index (χ2n) is 2.70. The second-order valence-corrected chi connectivity index (χ2v) is 2.70. The first-order chi connectivity index (χ1) is 3.63. The Bertz CT molecular complexity index is 122. The van der Waals surface area contributed by atoms with Crippen LogP contribution in [0.15, 0.2) is 11.6 Å². The summed E-state index contributed by atoms with van der Waals surface area (Å²) in [5.41, 5.74) is 0.637. The van der Waals surface area contributed by atoms with Gasteiger partial charge in [0.2, 0.25) is 0 Å². The summed E-state index contributed by atoms with van der Waals surface area (Å²) < 4.78 is 0. The first kappa shape index (κ1) is 5.83. The first-order valence-electron chi connectivity index (χ1n) is 3.02. The molecule has 0 saturated heterocycles. The molecule has 0 heterocycles. The normalized spacial score (nSPS) is 37.6. The molecule has 0 bridgehead atoms. The van der Waals surface area contributed by atoms with E-state index in [0.29, 0.717) is 0 Å². The van der Waals surface area contributed by atoms with E-state index in [0.717, 1.165) is 18.4 Å². The van der Waals surface area contributed by atoms with E-state index in [1.54, 1.807) is 0 Å². The van der Waals surface area contributed by atoms with Gasteiger partial charge in [0.1, 0.15) is 0 Å². The smallest absolute Gasteiger partial charge is 0.0829 e. The second kappa shape index (κ2) is 1.59. The molecule has 0 aromatic heterocycles. The summed E-state index contributed by atoms with van der Waals surface area (Å²) in [6.07, 6.45) is 4.04. The van der Waals surface area contributed by atoms with Crippen molar-refractivity contribution in [1.82, 2.24) is 0 Å². The van der Waals surface area contributed by atoms with Gasteiger partial charge < -0.3 is 5.11 Å². The highest BCUT2D eigenvalue weighted by atomic mass is 16.3. The lowest BCUT2D eigenvalue weighted by atomic mass is 10.0. The fourth-order valence-electron chi connectivity index (χ4n) is 0.987. The van der Waals surface area contributed by atoms with Gasteiger partial charge in [-0.05, 0) is 32.3 Å². The molecule has 0 fully saturated rings. The van der Waals surface area contributed by atoms with Crippen LogP contribution in [0.1, 0.15) is 26.7 Å². The van der Waals surface area contributed by atoms with Crippen LogP contribution in [0.3, 0.4) is 0 Å². The molecule has 1 atom stereocenters. The van der Waals surface area contributed by atoms with E-state index < -0.39 is 5.60 Å². The molecule has 1 rings (SSSR count). The van der Waals surface area contributed by atoms with Crippen LogP contribution in [0.2, 0.25) is 0 Å². The van der Waals surface area contributed by atoms with Gasteiger partial charge in [-0.3, -0.25) is 0 Å². The minimum absolute atomic E-state index is 0.486. The molecule has 0 aromatic carbocycles. The third-order valence-corrected chi connectivity index (χ3v) is 1.93. The Labute approximate surface area is 50.0 Å². The monoisotopic (exact) mass is 112 g/mol. The Kier molecular flexibility index (Phi) is 1.16. The van der Waals surface area contributed by atoms with E-state index in [9.17, 15) is 5.11 Å². The van der Waals surface area contributed by atoms with Gasteiger partial charge in [0, 0.05) is 0 Å². The predicted molar refractivity (Wildman–Crippen MR) is 33.6 cm³/mol. The fraction of sp³-hybridized carbons (Fsp3) is 0.714. The third-order valence-electron chi connectivity index (χ3n) is 1.93. The van der Waals surface area contributed by atoms with Gasteiger partial charge in [-0.15, -0.1) is 0 Å². The van der Waals surface area contributed by atoms with Gasteiger partial charge in [-0.25, -0.2) is 0 Å². The maximum atomic E-state index is 9.39. The molecule has 0 saturated carbocycles. The topological polar surface area (TPSA) is 20.2 Å². The van der Waals surface area contributed by atoms with E-state index in [2.05, 4.69) is 6.08 Å². The molecule has 1 aliphatic carbocycles. The standard InChI is InChI=1S/C7H12O/c1-6-4-3-5-7(6,2)8/h4,8H,3,5H2,1-2H3. The summed E-state index contributed by atoms with van der Waals surface area (Å²) in [5, 5.41) is 9.39. The van der Waals surface area contributed by atoms with Gasteiger partial charge in [-0.2, -0.15) is 0 Å². The Balaban J connectivity index is 2.73. The van der Waals surface area contributed by atoms with Crippen LogP contribution < -0.4 is 0 Å². The molecule has 1 heteroatoms. The molecule has 0 aliphatic heterocycles. The van der Waals surface area contributed by atoms with Crippen molar-refractivity contribution in [1.29, 1.82) is 0 Å².